The molecule has 1 fully saturated rings. The molecular weight excluding hydrogens is 214 g/mol. The molecule has 1 amide bonds. The summed E-state index contributed by atoms with van der Waals surface area (Å²) in [5.41, 5.74) is 1.18. The van der Waals surface area contributed by atoms with Gasteiger partial charge in [-0.05, 0) is 31.5 Å². The summed E-state index contributed by atoms with van der Waals surface area (Å²) in [7, 11) is 1.89. The van der Waals surface area contributed by atoms with E-state index < -0.39 is 0 Å². The first kappa shape index (κ1) is 12.2. The largest absolute Gasteiger partial charge is 0.365 e. The number of likely N-dealkylation sites (N-methyl/N-ethyl adjacent to an activating group) is 1. The number of rotatable bonds is 4. The maximum atomic E-state index is 12.1. The standard InChI is InChI=1S/C13H21N3O/c1-16(10-7-11-5-4-9-14-11)13(17)12-6-2-3-8-15-12/h4-5,9,12,14-15H,2-3,6-8,10H2,1H3. The number of piperidine rings is 1. The number of hydrogen-bond donors (Lipinski definition) is 2. The van der Waals surface area contributed by atoms with Gasteiger partial charge in [0, 0.05) is 31.9 Å². The minimum atomic E-state index is 0.0393. The average Bonchev–Trinajstić information content (AvgIpc) is 2.89. The molecule has 94 valence electrons. The lowest BCUT2D eigenvalue weighted by molar-refractivity contribution is -0.132. The van der Waals surface area contributed by atoms with Crippen molar-refractivity contribution in [3.8, 4) is 0 Å². The van der Waals surface area contributed by atoms with Gasteiger partial charge in [0.1, 0.15) is 0 Å². The van der Waals surface area contributed by atoms with Crippen molar-refractivity contribution < 1.29 is 4.79 Å². The quantitative estimate of drug-likeness (QED) is 0.822. The van der Waals surface area contributed by atoms with Crippen molar-refractivity contribution in [3.05, 3.63) is 24.0 Å². The van der Waals surface area contributed by atoms with Crippen LogP contribution in [-0.2, 0) is 11.2 Å². The van der Waals surface area contributed by atoms with Crippen LogP contribution in [0.3, 0.4) is 0 Å². The highest BCUT2D eigenvalue weighted by atomic mass is 16.2. The van der Waals surface area contributed by atoms with Gasteiger partial charge in [-0.3, -0.25) is 4.79 Å². The zero-order valence-electron chi connectivity index (χ0n) is 10.4. The smallest absolute Gasteiger partial charge is 0.239 e. The van der Waals surface area contributed by atoms with E-state index in [1.54, 1.807) is 0 Å². The SMILES string of the molecule is CN(CCc1ccc[nH]1)C(=O)C1CCCCN1. The first-order valence-electron chi connectivity index (χ1n) is 6.38. The van der Waals surface area contributed by atoms with Crippen LogP contribution in [0.4, 0.5) is 0 Å². The Labute approximate surface area is 102 Å². The Bertz CT molecular complexity index is 342. The minimum Gasteiger partial charge on any atom is -0.365 e. The number of amides is 1. The van der Waals surface area contributed by atoms with Gasteiger partial charge < -0.3 is 15.2 Å². The van der Waals surface area contributed by atoms with Crippen molar-refractivity contribution in [1.82, 2.24) is 15.2 Å². The molecule has 1 unspecified atom stereocenters. The summed E-state index contributed by atoms with van der Waals surface area (Å²) in [6, 6.07) is 4.08. The van der Waals surface area contributed by atoms with E-state index in [-0.39, 0.29) is 11.9 Å². The van der Waals surface area contributed by atoms with E-state index in [0.29, 0.717) is 0 Å². The predicted molar refractivity (Wildman–Crippen MR) is 67.8 cm³/mol. The normalized spacial score (nSPS) is 20.2. The van der Waals surface area contributed by atoms with Gasteiger partial charge in [-0.25, -0.2) is 0 Å². The van der Waals surface area contributed by atoms with E-state index in [0.717, 1.165) is 32.4 Å². The van der Waals surface area contributed by atoms with Crippen molar-refractivity contribution in [2.24, 2.45) is 0 Å². The molecule has 0 bridgehead atoms. The Morgan fingerprint density at radius 2 is 2.41 bits per heavy atom. The van der Waals surface area contributed by atoms with Gasteiger partial charge in [0.15, 0.2) is 0 Å². The first-order chi connectivity index (χ1) is 8.27. The fraction of sp³-hybridized carbons (Fsp3) is 0.615. The zero-order chi connectivity index (χ0) is 12.1. The molecule has 0 saturated carbocycles. The lowest BCUT2D eigenvalue weighted by Crippen LogP contribution is -2.47. The summed E-state index contributed by atoms with van der Waals surface area (Å²) in [5, 5.41) is 3.29. The van der Waals surface area contributed by atoms with Crippen LogP contribution in [0.25, 0.3) is 0 Å². The Kier molecular flexibility index (Phi) is 4.20. The van der Waals surface area contributed by atoms with Crippen LogP contribution in [-0.4, -0.2) is 42.0 Å². The van der Waals surface area contributed by atoms with Crippen molar-refractivity contribution >= 4 is 5.91 Å². The number of nitrogens with zero attached hydrogens (tertiary/aromatic N) is 1. The molecule has 17 heavy (non-hydrogen) atoms. The second-order valence-electron chi connectivity index (χ2n) is 4.71. The van der Waals surface area contributed by atoms with Crippen LogP contribution < -0.4 is 5.32 Å². The monoisotopic (exact) mass is 235 g/mol. The van der Waals surface area contributed by atoms with Gasteiger partial charge >= 0.3 is 0 Å². The van der Waals surface area contributed by atoms with E-state index in [9.17, 15) is 4.79 Å². The van der Waals surface area contributed by atoms with Crippen molar-refractivity contribution in [3.63, 3.8) is 0 Å². The summed E-state index contributed by atoms with van der Waals surface area (Å²) in [6.45, 7) is 1.75. The number of carbonyl (C=O) groups is 1. The number of carbonyl (C=O) groups excluding carboxylic acids is 1. The molecule has 1 aromatic rings. The van der Waals surface area contributed by atoms with Crippen LogP contribution in [0.15, 0.2) is 18.3 Å². The molecule has 1 saturated heterocycles. The lowest BCUT2D eigenvalue weighted by Gasteiger charge is -2.27. The summed E-state index contributed by atoms with van der Waals surface area (Å²) in [5.74, 6) is 0.233. The molecule has 0 radical (unpaired) electrons. The van der Waals surface area contributed by atoms with Gasteiger partial charge in [0.25, 0.3) is 0 Å². The highest BCUT2D eigenvalue weighted by molar-refractivity contribution is 5.81. The maximum Gasteiger partial charge on any atom is 0.239 e. The van der Waals surface area contributed by atoms with Gasteiger partial charge in [0.2, 0.25) is 5.91 Å². The van der Waals surface area contributed by atoms with E-state index >= 15 is 0 Å². The molecule has 0 aromatic carbocycles. The summed E-state index contributed by atoms with van der Waals surface area (Å²) in [4.78, 5) is 17.1. The van der Waals surface area contributed by atoms with E-state index in [1.807, 2.05) is 24.2 Å². The minimum absolute atomic E-state index is 0.0393. The fourth-order valence-corrected chi connectivity index (χ4v) is 2.25. The Morgan fingerprint density at radius 3 is 3.06 bits per heavy atom. The molecule has 1 aliphatic heterocycles. The molecule has 4 nitrogen and oxygen atoms in total. The van der Waals surface area contributed by atoms with Gasteiger partial charge in [0.05, 0.1) is 6.04 Å². The first-order valence-corrected chi connectivity index (χ1v) is 6.38. The molecule has 2 rings (SSSR count). The van der Waals surface area contributed by atoms with Crippen LogP contribution in [0, 0.1) is 0 Å². The highest BCUT2D eigenvalue weighted by Crippen LogP contribution is 2.09. The Hall–Kier alpha value is -1.29. The van der Waals surface area contributed by atoms with Crippen LogP contribution in [0.2, 0.25) is 0 Å². The number of aromatic amines is 1. The third kappa shape index (κ3) is 3.33. The molecule has 4 heteroatoms. The highest BCUT2D eigenvalue weighted by Gasteiger charge is 2.23. The van der Waals surface area contributed by atoms with Crippen LogP contribution in [0.1, 0.15) is 25.0 Å². The number of H-pyrrole nitrogens is 1. The van der Waals surface area contributed by atoms with Crippen LogP contribution in [0.5, 0.6) is 0 Å². The topological polar surface area (TPSA) is 48.1 Å². The predicted octanol–water partition coefficient (Wildman–Crippen LogP) is 1.16. The van der Waals surface area contributed by atoms with Crippen molar-refractivity contribution in [2.75, 3.05) is 20.1 Å². The summed E-state index contributed by atoms with van der Waals surface area (Å²) >= 11 is 0. The molecule has 2 N–H and O–H groups in total. The molecule has 1 aromatic heterocycles. The van der Waals surface area contributed by atoms with E-state index in [2.05, 4.69) is 16.4 Å². The lowest BCUT2D eigenvalue weighted by atomic mass is 10.0. The van der Waals surface area contributed by atoms with Gasteiger partial charge in [-0.1, -0.05) is 6.42 Å². The van der Waals surface area contributed by atoms with Gasteiger partial charge in [-0.15, -0.1) is 0 Å². The average molecular weight is 235 g/mol. The third-order valence-electron chi connectivity index (χ3n) is 3.36. The molecular formula is C13H21N3O. The fourth-order valence-electron chi connectivity index (χ4n) is 2.25. The Balaban J connectivity index is 1.78. The molecule has 1 atom stereocenters. The van der Waals surface area contributed by atoms with Gasteiger partial charge in [-0.2, -0.15) is 0 Å². The molecule has 2 heterocycles. The number of aromatic nitrogens is 1. The summed E-state index contributed by atoms with van der Waals surface area (Å²) < 4.78 is 0. The van der Waals surface area contributed by atoms with Crippen molar-refractivity contribution in [1.29, 1.82) is 0 Å². The second-order valence-corrected chi connectivity index (χ2v) is 4.71. The van der Waals surface area contributed by atoms with E-state index in [4.69, 9.17) is 0 Å². The molecule has 1 aliphatic rings. The molecule has 0 spiro atoms. The Morgan fingerprint density at radius 1 is 1.53 bits per heavy atom. The van der Waals surface area contributed by atoms with E-state index in [1.165, 1.54) is 12.1 Å². The molecule has 0 aliphatic carbocycles. The number of nitrogens with one attached hydrogen (secondary N) is 2. The van der Waals surface area contributed by atoms with Crippen molar-refractivity contribution in [2.45, 2.75) is 31.7 Å². The number of hydrogen-bond acceptors (Lipinski definition) is 2. The third-order valence-corrected chi connectivity index (χ3v) is 3.36. The second kappa shape index (κ2) is 5.87. The summed E-state index contributed by atoms with van der Waals surface area (Å²) in [6.07, 6.45) is 6.14. The maximum absolute atomic E-state index is 12.1. The zero-order valence-corrected chi connectivity index (χ0v) is 10.4. The van der Waals surface area contributed by atoms with Crippen LogP contribution >= 0.6 is 0 Å².